The molecule has 1 heterocycles. The Kier molecular flexibility index (Phi) is 3.19. The summed E-state index contributed by atoms with van der Waals surface area (Å²) in [7, 11) is 0. The van der Waals surface area contributed by atoms with Crippen LogP contribution in [-0.4, -0.2) is 19.7 Å². The summed E-state index contributed by atoms with van der Waals surface area (Å²) in [6, 6.07) is 14.6. The van der Waals surface area contributed by atoms with Gasteiger partial charge in [-0.3, -0.25) is 14.7 Å². The van der Waals surface area contributed by atoms with Gasteiger partial charge in [-0.15, -0.1) is 10.2 Å². The maximum atomic E-state index is 11.1. The fourth-order valence-corrected chi connectivity index (χ4v) is 2.26. The first-order chi connectivity index (χ1) is 10.2. The van der Waals surface area contributed by atoms with Crippen molar-refractivity contribution in [3.63, 3.8) is 0 Å². The molecule has 104 valence electrons. The topological polar surface area (TPSA) is 73.8 Å². The zero-order chi connectivity index (χ0) is 14.8. The number of hydrogen-bond acceptors (Lipinski definition) is 4. The van der Waals surface area contributed by atoms with Crippen molar-refractivity contribution in [2.45, 2.75) is 6.92 Å². The van der Waals surface area contributed by atoms with Crippen LogP contribution in [0.4, 0.5) is 5.69 Å². The molecule has 0 atom stereocenters. The van der Waals surface area contributed by atoms with E-state index in [-0.39, 0.29) is 10.6 Å². The Morgan fingerprint density at radius 3 is 2.57 bits per heavy atom. The summed E-state index contributed by atoms with van der Waals surface area (Å²) in [6.07, 6.45) is 1.60. The number of benzene rings is 2. The van der Waals surface area contributed by atoms with Gasteiger partial charge in [-0.1, -0.05) is 30.3 Å². The summed E-state index contributed by atoms with van der Waals surface area (Å²) >= 11 is 0. The van der Waals surface area contributed by atoms with E-state index in [0.29, 0.717) is 17.0 Å². The van der Waals surface area contributed by atoms with E-state index in [1.54, 1.807) is 19.3 Å². The van der Waals surface area contributed by atoms with Gasteiger partial charge in [0.1, 0.15) is 6.33 Å². The molecular formula is C15H12N4O2. The highest BCUT2D eigenvalue weighted by Gasteiger charge is 2.18. The second-order valence-electron chi connectivity index (χ2n) is 4.57. The fourth-order valence-electron chi connectivity index (χ4n) is 2.26. The van der Waals surface area contributed by atoms with Crippen LogP contribution in [0, 0.1) is 17.0 Å². The molecule has 0 radical (unpaired) electrons. The molecule has 0 saturated carbocycles. The lowest BCUT2D eigenvalue weighted by Gasteiger charge is -2.08. The molecule has 1 aromatic heterocycles. The van der Waals surface area contributed by atoms with Gasteiger partial charge in [0, 0.05) is 22.9 Å². The minimum absolute atomic E-state index is 0.0788. The largest absolute Gasteiger partial charge is 0.282 e. The van der Waals surface area contributed by atoms with Crippen LogP contribution in [0.5, 0.6) is 0 Å². The van der Waals surface area contributed by atoms with Crippen molar-refractivity contribution in [2.24, 2.45) is 0 Å². The first-order valence-electron chi connectivity index (χ1n) is 6.38. The Balaban J connectivity index is 2.18. The molecule has 0 aliphatic rings. The standard InChI is InChI=1S/C15H12N4O2/c1-11-13(8-5-9-14(11)19(20)21)15-17-16-10-18(15)12-6-3-2-4-7-12/h2-10H,1H3. The number of nitrogens with zero attached hydrogens (tertiary/aromatic N) is 4. The van der Waals surface area contributed by atoms with Gasteiger partial charge in [-0.25, -0.2) is 0 Å². The molecule has 6 nitrogen and oxygen atoms in total. The third-order valence-electron chi connectivity index (χ3n) is 3.32. The number of para-hydroxylation sites is 1. The van der Waals surface area contributed by atoms with E-state index in [2.05, 4.69) is 10.2 Å². The van der Waals surface area contributed by atoms with Gasteiger partial charge in [-0.05, 0) is 19.1 Å². The van der Waals surface area contributed by atoms with E-state index in [0.717, 1.165) is 5.69 Å². The second-order valence-corrected chi connectivity index (χ2v) is 4.57. The maximum absolute atomic E-state index is 11.1. The SMILES string of the molecule is Cc1c(-c2nncn2-c2ccccc2)cccc1[N+](=O)[O-]. The van der Waals surface area contributed by atoms with Gasteiger partial charge in [-0.2, -0.15) is 0 Å². The molecular weight excluding hydrogens is 268 g/mol. The minimum atomic E-state index is -0.387. The van der Waals surface area contributed by atoms with Gasteiger partial charge < -0.3 is 0 Å². The molecule has 0 saturated heterocycles. The molecule has 0 N–H and O–H groups in total. The predicted octanol–water partition coefficient (Wildman–Crippen LogP) is 3.15. The summed E-state index contributed by atoms with van der Waals surface area (Å²) in [5.41, 5.74) is 2.26. The van der Waals surface area contributed by atoms with Gasteiger partial charge in [0.05, 0.1) is 4.92 Å². The summed E-state index contributed by atoms with van der Waals surface area (Å²) in [5.74, 6) is 0.586. The van der Waals surface area contributed by atoms with Crippen LogP contribution in [0.15, 0.2) is 54.9 Å². The molecule has 21 heavy (non-hydrogen) atoms. The smallest absolute Gasteiger partial charge is 0.273 e. The van der Waals surface area contributed by atoms with Crippen molar-refractivity contribution in [3.8, 4) is 17.1 Å². The second kappa shape index (κ2) is 5.16. The molecule has 0 fully saturated rings. The van der Waals surface area contributed by atoms with Crippen molar-refractivity contribution < 1.29 is 4.92 Å². The van der Waals surface area contributed by atoms with Crippen LogP contribution in [0.25, 0.3) is 17.1 Å². The zero-order valence-electron chi connectivity index (χ0n) is 11.3. The van der Waals surface area contributed by atoms with E-state index in [1.807, 2.05) is 41.0 Å². The van der Waals surface area contributed by atoms with Crippen LogP contribution in [-0.2, 0) is 0 Å². The van der Waals surface area contributed by atoms with Crippen molar-refractivity contribution in [1.29, 1.82) is 0 Å². The van der Waals surface area contributed by atoms with E-state index in [1.165, 1.54) is 6.07 Å². The average molecular weight is 280 g/mol. The quantitative estimate of drug-likeness (QED) is 0.545. The van der Waals surface area contributed by atoms with Crippen LogP contribution in [0.2, 0.25) is 0 Å². The van der Waals surface area contributed by atoms with Gasteiger partial charge in [0.2, 0.25) is 0 Å². The lowest BCUT2D eigenvalue weighted by molar-refractivity contribution is -0.385. The van der Waals surface area contributed by atoms with E-state index in [9.17, 15) is 10.1 Å². The highest BCUT2D eigenvalue weighted by Crippen LogP contribution is 2.29. The van der Waals surface area contributed by atoms with Crippen molar-refractivity contribution in [3.05, 3.63) is 70.5 Å². The molecule has 0 aliphatic heterocycles. The van der Waals surface area contributed by atoms with Crippen LogP contribution < -0.4 is 0 Å². The molecule has 0 amide bonds. The molecule has 3 rings (SSSR count). The predicted molar refractivity (Wildman–Crippen MR) is 78.2 cm³/mol. The lowest BCUT2D eigenvalue weighted by atomic mass is 10.1. The first-order valence-corrected chi connectivity index (χ1v) is 6.38. The number of nitro benzene ring substituents is 1. The Morgan fingerprint density at radius 1 is 1.10 bits per heavy atom. The van der Waals surface area contributed by atoms with Crippen molar-refractivity contribution >= 4 is 5.69 Å². The normalized spacial score (nSPS) is 10.5. The molecule has 6 heteroatoms. The molecule has 0 bridgehead atoms. The summed E-state index contributed by atoms with van der Waals surface area (Å²) in [5, 5.41) is 19.1. The fraction of sp³-hybridized carbons (Fsp3) is 0.0667. The number of aromatic nitrogens is 3. The molecule has 0 unspecified atom stereocenters. The third kappa shape index (κ3) is 2.27. The Morgan fingerprint density at radius 2 is 1.86 bits per heavy atom. The number of nitro groups is 1. The Bertz CT molecular complexity index is 796. The highest BCUT2D eigenvalue weighted by atomic mass is 16.6. The van der Waals surface area contributed by atoms with Crippen LogP contribution >= 0.6 is 0 Å². The van der Waals surface area contributed by atoms with Gasteiger partial charge in [0.15, 0.2) is 5.82 Å². The van der Waals surface area contributed by atoms with Crippen molar-refractivity contribution in [1.82, 2.24) is 14.8 Å². The Labute approximate surface area is 120 Å². The third-order valence-corrected chi connectivity index (χ3v) is 3.32. The van der Waals surface area contributed by atoms with Crippen LogP contribution in [0.3, 0.4) is 0 Å². The van der Waals surface area contributed by atoms with Gasteiger partial charge in [0.25, 0.3) is 5.69 Å². The average Bonchev–Trinajstić information content (AvgIpc) is 2.97. The zero-order valence-corrected chi connectivity index (χ0v) is 11.3. The lowest BCUT2D eigenvalue weighted by Crippen LogP contribution is -1.99. The molecule has 2 aromatic carbocycles. The van der Waals surface area contributed by atoms with E-state index < -0.39 is 0 Å². The number of hydrogen-bond donors (Lipinski definition) is 0. The van der Waals surface area contributed by atoms with Crippen LogP contribution in [0.1, 0.15) is 5.56 Å². The number of rotatable bonds is 3. The van der Waals surface area contributed by atoms with E-state index >= 15 is 0 Å². The molecule has 3 aromatic rings. The molecule has 0 aliphatic carbocycles. The summed E-state index contributed by atoms with van der Waals surface area (Å²) in [4.78, 5) is 10.7. The van der Waals surface area contributed by atoms with E-state index in [4.69, 9.17) is 0 Å². The summed E-state index contributed by atoms with van der Waals surface area (Å²) < 4.78 is 1.81. The minimum Gasteiger partial charge on any atom is -0.282 e. The van der Waals surface area contributed by atoms with Gasteiger partial charge >= 0.3 is 0 Å². The van der Waals surface area contributed by atoms with Crippen molar-refractivity contribution in [2.75, 3.05) is 0 Å². The monoisotopic (exact) mass is 280 g/mol. The maximum Gasteiger partial charge on any atom is 0.273 e. The highest BCUT2D eigenvalue weighted by molar-refractivity contribution is 5.67. The Hall–Kier alpha value is -3.02. The summed E-state index contributed by atoms with van der Waals surface area (Å²) in [6.45, 7) is 1.72. The molecule has 0 spiro atoms. The first kappa shape index (κ1) is 13.0.